The van der Waals surface area contributed by atoms with E-state index in [4.69, 9.17) is 4.42 Å². The Hall–Kier alpha value is -1.66. The van der Waals surface area contributed by atoms with Crippen LogP contribution in [0, 0.1) is 6.92 Å². The summed E-state index contributed by atoms with van der Waals surface area (Å²) in [5.74, 6) is 3.17. The first-order valence-electron chi connectivity index (χ1n) is 7.68. The van der Waals surface area contributed by atoms with Gasteiger partial charge < -0.3 is 14.3 Å². The van der Waals surface area contributed by atoms with Crippen LogP contribution in [0.2, 0.25) is 0 Å². The normalized spacial score (nSPS) is 18.9. The van der Waals surface area contributed by atoms with Crippen molar-refractivity contribution in [2.75, 3.05) is 6.54 Å². The van der Waals surface area contributed by atoms with Gasteiger partial charge in [0.15, 0.2) is 0 Å². The van der Waals surface area contributed by atoms with Gasteiger partial charge in [0, 0.05) is 19.1 Å². The molecule has 0 atom stereocenters. The first-order chi connectivity index (χ1) is 10.3. The highest BCUT2D eigenvalue weighted by molar-refractivity contribution is 5.20. The molecule has 2 aromatic rings. The molecule has 6 nitrogen and oxygen atoms in total. The largest absolute Gasteiger partial charge is 0.463 e. The minimum absolute atomic E-state index is 0.714. The molecule has 6 heteroatoms. The highest BCUT2D eigenvalue weighted by Crippen LogP contribution is 2.22. The van der Waals surface area contributed by atoms with Crippen molar-refractivity contribution in [1.29, 1.82) is 0 Å². The van der Waals surface area contributed by atoms with Crippen molar-refractivity contribution in [2.24, 2.45) is 0 Å². The van der Waals surface area contributed by atoms with Crippen molar-refractivity contribution in [2.45, 2.75) is 52.0 Å². The predicted octanol–water partition coefficient (Wildman–Crippen LogP) is 1.45. The molecule has 2 aliphatic rings. The summed E-state index contributed by atoms with van der Waals surface area (Å²) in [6.07, 6.45) is 4.42. The van der Waals surface area contributed by atoms with Crippen LogP contribution in [0.4, 0.5) is 0 Å². The van der Waals surface area contributed by atoms with Crippen molar-refractivity contribution < 1.29 is 4.42 Å². The number of nitrogens with one attached hydrogen (secondary N) is 1. The summed E-state index contributed by atoms with van der Waals surface area (Å²) in [7, 11) is 0. The zero-order valence-corrected chi connectivity index (χ0v) is 12.4. The molecule has 0 spiro atoms. The lowest BCUT2D eigenvalue weighted by molar-refractivity contribution is 0.192. The molecule has 2 aromatic heterocycles. The van der Waals surface area contributed by atoms with E-state index in [0.29, 0.717) is 6.04 Å². The van der Waals surface area contributed by atoms with Gasteiger partial charge in [0.05, 0.1) is 19.6 Å². The van der Waals surface area contributed by atoms with Crippen LogP contribution >= 0.6 is 0 Å². The molecule has 21 heavy (non-hydrogen) atoms. The maximum Gasteiger partial charge on any atom is 0.147 e. The van der Waals surface area contributed by atoms with E-state index in [1.165, 1.54) is 18.4 Å². The second-order valence-corrected chi connectivity index (χ2v) is 6.13. The summed E-state index contributed by atoms with van der Waals surface area (Å²) < 4.78 is 8.14. The molecule has 0 amide bonds. The fourth-order valence-corrected chi connectivity index (χ4v) is 2.84. The summed E-state index contributed by atoms with van der Waals surface area (Å²) in [6.45, 7) is 6.64. The van der Waals surface area contributed by atoms with Crippen molar-refractivity contribution in [3.8, 4) is 0 Å². The van der Waals surface area contributed by atoms with Crippen LogP contribution < -0.4 is 5.32 Å². The first-order valence-corrected chi connectivity index (χ1v) is 7.68. The van der Waals surface area contributed by atoms with Gasteiger partial charge in [0.25, 0.3) is 0 Å². The Kier molecular flexibility index (Phi) is 3.27. The Bertz CT molecular complexity index is 628. The Balaban J connectivity index is 1.39. The number of furan rings is 1. The molecule has 0 saturated heterocycles. The van der Waals surface area contributed by atoms with Gasteiger partial charge >= 0.3 is 0 Å². The molecule has 0 unspecified atom stereocenters. The number of hydrogen-bond donors (Lipinski definition) is 1. The standard InChI is InChI=1S/C15H21N5O/c1-11-6-13(21-14(11)7-16-12-2-3-12)8-19-4-5-20-10-17-18-15(20)9-19/h6,10,12,16H,2-5,7-9H2,1H3. The second-order valence-electron chi connectivity index (χ2n) is 6.13. The molecular formula is C15H21N5O. The van der Waals surface area contributed by atoms with Crippen LogP contribution in [-0.2, 0) is 26.2 Å². The van der Waals surface area contributed by atoms with E-state index in [9.17, 15) is 0 Å². The van der Waals surface area contributed by atoms with Crippen LogP contribution in [0.1, 0.15) is 35.7 Å². The van der Waals surface area contributed by atoms with E-state index in [1.807, 2.05) is 6.33 Å². The summed E-state index contributed by atoms with van der Waals surface area (Å²) >= 11 is 0. The van der Waals surface area contributed by atoms with E-state index < -0.39 is 0 Å². The molecule has 0 radical (unpaired) electrons. The van der Waals surface area contributed by atoms with Gasteiger partial charge in [0.2, 0.25) is 0 Å². The van der Waals surface area contributed by atoms with E-state index in [0.717, 1.165) is 50.1 Å². The van der Waals surface area contributed by atoms with Crippen LogP contribution in [0.5, 0.6) is 0 Å². The minimum atomic E-state index is 0.714. The molecule has 1 fully saturated rings. The van der Waals surface area contributed by atoms with Crippen molar-refractivity contribution in [1.82, 2.24) is 25.0 Å². The number of rotatable bonds is 5. The topological polar surface area (TPSA) is 59.1 Å². The average Bonchev–Trinajstić information content (AvgIpc) is 3.07. The van der Waals surface area contributed by atoms with Gasteiger partial charge in [-0.1, -0.05) is 0 Å². The molecular weight excluding hydrogens is 266 g/mol. The van der Waals surface area contributed by atoms with Crippen LogP contribution in [0.3, 0.4) is 0 Å². The van der Waals surface area contributed by atoms with Gasteiger partial charge in [0.1, 0.15) is 23.7 Å². The Morgan fingerprint density at radius 1 is 1.38 bits per heavy atom. The lowest BCUT2D eigenvalue weighted by Gasteiger charge is -2.25. The fraction of sp³-hybridized carbons (Fsp3) is 0.600. The van der Waals surface area contributed by atoms with E-state index in [-0.39, 0.29) is 0 Å². The van der Waals surface area contributed by atoms with Crippen molar-refractivity contribution >= 4 is 0 Å². The maximum absolute atomic E-state index is 6.02. The SMILES string of the molecule is Cc1cc(CN2CCn3cnnc3C2)oc1CNC1CC1. The molecule has 112 valence electrons. The summed E-state index contributed by atoms with van der Waals surface area (Å²) in [5, 5.41) is 11.6. The summed E-state index contributed by atoms with van der Waals surface area (Å²) in [6, 6.07) is 2.88. The number of aryl methyl sites for hydroxylation is 1. The first kappa shape index (κ1) is 13.0. The zero-order chi connectivity index (χ0) is 14.2. The van der Waals surface area contributed by atoms with Crippen molar-refractivity contribution in [3.05, 3.63) is 35.3 Å². The number of fused-ring (bicyclic) bond motifs is 1. The molecule has 3 heterocycles. The lowest BCUT2D eigenvalue weighted by Crippen LogP contribution is -2.33. The van der Waals surface area contributed by atoms with Crippen LogP contribution in [0.25, 0.3) is 0 Å². The van der Waals surface area contributed by atoms with E-state index >= 15 is 0 Å². The van der Waals surface area contributed by atoms with Gasteiger partial charge in [-0.15, -0.1) is 10.2 Å². The maximum atomic E-state index is 6.02. The third-order valence-electron chi connectivity index (χ3n) is 4.30. The minimum Gasteiger partial charge on any atom is -0.463 e. The van der Waals surface area contributed by atoms with E-state index in [2.05, 4.69) is 38.0 Å². The third kappa shape index (κ3) is 2.87. The highest BCUT2D eigenvalue weighted by atomic mass is 16.3. The molecule has 0 aromatic carbocycles. The Labute approximate surface area is 124 Å². The highest BCUT2D eigenvalue weighted by Gasteiger charge is 2.22. The van der Waals surface area contributed by atoms with Gasteiger partial charge in [-0.05, 0) is 31.4 Å². The molecule has 1 saturated carbocycles. The predicted molar refractivity (Wildman–Crippen MR) is 77.4 cm³/mol. The van der Waals surface area contributed by atoms with Crippen LogP contribution in [-0.4, -0.2) is 32.3 Å². The summed E-state index contributed by atoms with van der Waals surface area (Å²) in [4.78, 5) is 2.36. The van der Waals surface area contributed by atoms with Gasteiger partial charge in [-0.25, -0.2) is 0 Å². The van der Waals surface area contributed by atoms with Gasteiger partial charge in [-0.2, -0.15) is 0 Å². The Morgan fingerprint density at radius 3 is 3.14 bits per heavy atom. The second kappa shape index (κ2) is 5.27. The molecule has 1 aliphatic carbocycles. The average molecular weight is 287 g/mol. The molecule has 4 rings (SSSR count). The third-order valence-corrected chi connectivity index (χ3v) is 4.30. The summed E-state index contributed by atoms with van der Waals surface area (Å²) in [5.41, 5.74) is 1.25. The fourth-order valence-electron chi connectivity index (χ4n) is 2.84. The van der Waals surface area contributed by atoms with Gasteiger partial charge in [-0.3, -0.25) is 4.90 Å². The number of aromatic nitrogens is 3. The van der Waals surface area contributed by atoms with Crippen LogP contribution in [0.15, 0.2) is 16.8 Å². The lowest BCUT2D eigenvalue weighted by atomic mass is 10.2. The van der Waals surface area contributed by atoms with Crippen molar-refractivity contribution in [3.63, 3.8) is 0 Å². The zero-order valence-electron chi connectivity index (χ0n) is 12.4. The molecule has 0 bridgehead atoms. The van der Waals surface area contributed by atoms with E-state index in [1.54, 1.807) is 0 Å². The monoisotopic (exact) mass is 287 g/mol. The Morgan fingerprint density at radius 2 is 2.29 bits per heavy atom. The smallest absolute Gasteiger partial charge is 0.147 e. The molecule has 1 aliphatic heterocycles. The quantitative estimate of drug-likeness (QED) is 0.902. The number of nitrogens with zero attached hydrogens (tertiary/aromatic N) is 4. The molecule has 1 N–H and O–H groups in total. The number of hydrogen-bond acceptors (Lipinski definition) is 5.